The molecule has 2 aromatic rings. The van der Waals surface area contributed by atoms with Crippen LogP contribution in [0.3, 0.4) is 0 Å². The van der Waals surface area contributed by atoms with E-state index in [1.54, 1.807) is 11.3 Å². The summed E-state index contributed by atoms with van der Waals surface area (Å²) in [5.41, 5.74) is 1.19. The lowest BCUT2D eigenvalue weighted by Crippen LogP contribution is -2.36. The number of anilines is 1. The minimum atomic E-state index is 0.134. The van der Waals surface area contributed by atoms with Crippen LogP contribution in [0.15, 0.2) is 35.8 Å². The molecule has 6 heteroatoms. The Hall–Kier alpha value is -1.59. The van der Waals surface area contributed by atoms with Crippen molar-refractivity contribution in [1.82, 2.24) is 9.88 Å². The highest BCUT2D eigenvalue weighted by Crippen LogP contribution is 2.48. The van der Waals surface area contributed by atoms with Crippen LogP contribution in [0.4, 0.5) is 5.13 Å². The van der Waals surface area contributed by atoms with E-state index in [9.17, 15) is 4.79 Å². The minimum absolute atomic E-state index is 0.134. The van der Waals surface area contributed by atoms with Crippen LogP contribution >= 0.6 is 22.9 Å². The predicted octanol–water partition coefficient (Wildman–Crippen LogP) is 3.64. The van der Waals surface area contributed by atoms with Gasteiger partial charge in [-0.25, -0.2) is 4.98 Å². The lowest BCUT2D eigenvalue weighted by atomic mass is 10.1. The molecule has 1 aliphatic carbocycles. The molecule has 1 aliphatic heterocycles. The van der Waals surface area contributed by atoms with Crippen molar-refractivity contribution in [2.45, 2.75) is 18.8 Å². The molecular formula is C18H20ClN3OS. The first-order valence-corrected chi connectivity index (χ1v) is 9.67. The molecule has 0 N–H and O–H groups in total. The summed E-state index contributed by atoms with van der Waals surface area (Å²) in [4.78, 5) is 21.6. The quantitative estimate of drug-likeness (QED) is 0.837. The maximum atomic E-state index is 12.8. The van der Waals surface area contributed by atoms with E-state index in [1.807, 2.05) is 34.7 Å². The Morgan fingerprint density at radius 1 is 1.25 bits per heavy atom. The van der Waals surface area contributed by atoms with Gasteiger partial charge in [-0.15, -0.1) is 11.3 Å². The van der Waals surface area contributed by atoms with Crippen molar-refractivity contribution in [2.24, 2.45) is 5.92 Å². The number of aromatic nitrogens is 1. The molecule has 0 spiro atoms. The highest BCUT2D eigenvalue weighted by Gasteiger charge is 2.45. The van der Waals surface area contributed by atoms with Gasteiger partial charge in [0.1, 0.15) is 0 Å². The normalized spacial score (nSPS) is 23.9. The zero-order valence-corrected chi connectivity index (χ0v) is 15.0. The van der Waals surface area contributed by atoms with Gasteiger partial charge in [0.2, 0.25) is 5.91 Å². The van der Waals surface area contributed by atoms with Gasteiger partial charge in [-0.1, -0.05) is 23.7 Å². The molecule has 4 rings (SSSR count). The van der Waals surface area contributed by atoms with Gasteiger partial charge in [0.25, 0.3) is 0 Å². The number of amides is 1. The van der Waals surface area contributed by atoms with Crippen LogP contribution in [0.1, 0.15) is 24.3 Å². The van der Waals surface area contributed by atoms with E-state index < -0.39 is 0 Å². The van der Waals surface area contributed by atoms with Crippen molar-refractivity contribution >= 4 is 34.0 Å². The molecule has 2 atom stereocenters. The largest absolute Gasteiger partial charge is 0.346 e. The van der Waals surface area contributed by atoms with Crippen LogP contribution in [0, 0.1) is 5.92 Å². The van der Waals surface area contributed by atoms with E-state index in [0.29, 0.717) is 11.8 Å². The topological polar surface area (TPSA) is 36.4 Å². The van der Waals surface area contributed by atoms with Crippen LogP contribution in [0.25, 0.3) is 0 Å². The average Bonchev–Trinajstić information content (AvgIpc) is 3.28. The molecule has 126 valence electrons. The Labute approximate surface area is 151 Å². The summed E-state index contributed by atoms with van der Waals surface area (Å²) in [6.07, 6.45) is 3.79. The lowest BCUT2D eigenvalue weighted by molar-refractivity contribution is -0.132. The number of hydrogen-bond donors (Lipinski definition) is 0. The molecule has 2 heterocycles. The maximum Gasteiger partial charge on any atom is 0.226 e. The number of halogens is 1. The molecule has 2 fully saturated rings. The summed E-state index contributed by atoms with van der Waals surface area (Å²) < 4.78 is 0. The third-order valence-electron chi connectivity index (χ3n) is 4.88. The second kappa shape index (κ2) is 6.73. The molecular weight excluding hydrogens is 342 g/mol. The molecule has 2 aliphatic rings. The molecule has 0 bridgehead atoms. The van der Waals surface area contributed by atoms with E-state index in [2.05, 4.69) is 16.0 Å². The lowest BCUT2D eigenvalue weighted by Gasteiger charge is -2.22. The molecule has 4 nitrogen and oxygen atoms in total. The second-order valence-electron chi connectivity index (χ2n) is 6.48. The van der Waals surface area contributed by atoms with Crippen molar-refractivity contribution in [3.8, 4) is 0 Å². The number of nitrogens with zero attached hydrogens (tertiary/aromatic N) is 3. The number of benzene rings is 1. The summed E-state index contributed by atoms with van der Waals surface area (Å²) in [7, 11) is 0. The molecule has 1 saturated heterocycles. The first kappa shape index (κ1) is 15.9. The predicted molar refractivity (Wildman–Crippen MR) is 97.8 cm³/mol. The van der Waals surface area contributed by atoms with Gasteiger partial charge in [-0.05, 0) is 36.5 Å². The summed E-state index contributed by atoms with van der Waals surface area (Å²) in [6, 6.07) is 7.92. The highest BCUT2D eigenvalue weighted by molar-refractivity contribution is 7.13. The number of rotatable bonds is 3. The first-order chi connectivity index (χ1) is 11.7. The maximum absolute atomic E-state index is 12.8. The van der Waals surface area contributed by atoms with Crippen molar-refractivity contribution in [1.29, 1.82) is 0 Å². The third kappa shape index (κ3) is 3.28. The van der Waals surface area contributed by atoms with Crippen LogP contribution in [0.2, 0.25) is 5.02 Å². The summed E-state index contributed by atoms with van der Waals surface area (Å²) in [5.74, 6) is 0.783. The molecule has 24 heavy (non-hydrogen) atoms. The van der Waals surface area contributed by atoms with E-state index in [-0.39, 0.29) is 5.92 Å². The Kier molecular flexibility index (Phi) is 4.46. The van der Waals surface area contributed by atoms with Crippen molar-refractivity contribution < 1.29 is 4.79 Å². The number of carbonyl (C=O) groups excluding carboxylic acids is 1. The number of hydrogen-bond acceptors (Lipinski definition) is 4. The fourth-order valence-electron chi connectivity index (χ4n) is 3.51. The van der Waals surface area contributed by atoms with Gasteiger partial charge in [0.05, 0.1) is 0 Å². The van der Waals surface area contributed by atoms with Crippen LogP contribution in [-0.2, 0) is 4.79 Å². The Bertz CT molecular complexity index is 721. The monoisotopic (exact) mass is 361 g/mol. The summed E-state index contributed by atoms with van der Waals surface area (Å²) in [6.45, 7) is 3.48. The average molecular weight is 362 g/mol. The van der Waals surface area contributed by atoms with Gasteiger partial charge < -0.3 is 9.80 Å². The smallest absolute Gasteiger partial charge is 0.226 e. The van der Waals surface area contributed by atoms with E-state index >= 15 is 0 Å². The second-order valence-corrected chi connectivity index (χ2v) is 7.79. The Morgan fingerprint density at radius 2 is 2.17 bits per heavy atom. The Balaban J connectivity index is 1.37. The number of thiazole rings is 1. The molecule has 1 aromatic carbocycles. The molecule has 1 amide bonds. The SMILES string of the molecule is O=C([C@@H]1C[C@H]1c1cccc(Cl)c1)N1CCCN(c2nccs2)CC1. The molecule has 0 radical (unpaired) electrons. The molecule has 0 unspecified atom stereocenters. The van der Waals surface area contributed by atoms with Gasteiger partial charge in [-0.3, -0.25) is 4.79 Å². The highest BCUT2D eigenvalue weighted by atomic mass is 35.5. The van der Waals surface area contributed by atoms with Crippen LogP contribution in [-0.4, -0.2) is 42.0 Å². The zero-order chi connectivity index (χ0) is 16.5. The van der Waals surface area contributed by atoms with Crippen molar-refractivity contribution in [3.63, 3.8) is 0 Å². The Morgan fingerprint density at radius 3 is 2.96 bits per heavy atom. The zero-order valence-electron chi connectivity index (χ0n) is 13.4. The van der Waals surface area contributed by atoms with E-state index in [4.69, 9.17) is 11.6 Å². The van der Waals surface area contributed by atoms with Crippen LogP contribution < -0.4 is 4.90 Å². The standard InChI is InChI=1S/C18H20ClN3OS/c19-14-4-1-3-13(11-14)15-12-16(15)17(23)21-6-2-7-22(9-8-21)18-20-5-10-24-18/h1,3-5,10-11,15-16H,2,6-9,12H2/t15-,16+/m0/s1. The van der Waals surface area contributed by atoms with E-state index in [1.165, 1.54) is 5.56 Å². The number of carbonyl (C=O) groups is 1. The summed E-state index contributed by atoms with van der Waals surface area (Å²) in [5, 5.41) is 3.81. The fraction of sp³-hybridized carbons (Fsp3) is 0.444. The third-order valence-corrected chi connectivity index (χ3v) is 5.95. The van der Waals surface area contributed by atoms with Gasteiger partial charge in [0, 0.05) is 48.7 Å². The van der Waals surface area contributed by atoms with Crippen LogP contribution in [0.5, 0.6) is 0 Å². The molecule has 1 saturated carbocycles. The van der Waals surface area contributed by atoms with Crippen molar-refractivity contribution in [3.05, 3.63) is 46.4 Å². The van der Waals surface area contributed by atoms with E-state index in [0.717, 1.165) is 49.2 Å². The minimum Gasteiger partial charge on any atom is -0.346 e. The first-order valence-electron chi connectivity index (χ1n) is 8.41. The molecule has 1 aromatic heterocycles. The van der Waals surface area contributed by atoms with Gasteiger partial charge in [0.15, 0.2) is 5.13 Å². The fourth-order valence-corrected chi connectivity index (χ4v) is 4.40. The van der Waals surface area contributed by atoms with Gasteiger partial charge in [-0.2, -0.15) is 0 Å². The van der Waals surface area contributed by atoms with Gasteiger partial charge >= 0.3 is 0 Å². The summed E-state index contributed by atoms with van der Waals surface area (Å²) >= 11 is 7.74. The van der Waals surface area contributed by atoms with Crippen molar-refractivity contribution in [2.75, 3.05) is 31.1 Å².